The number of carbonyl (C=O) groups is 2. The Labute approximate surface area is 401 Å². The highest BCUT2D eigenvalue weighted by molar-refractivity contribution is 9.10. The Morgan fingerprint density at radius 1 is 0.612 bits per heavy atom. The number of Topliss-reactive ketones (excluding diaryl/α,β-unsaturated/α-hetero) is 2. The maximum Gasteiger partial charge on any atom is 0.180 e. The molecule has 0 aliphatic heterocycles. The van der Waals surface area contributed by atoms with Gasteiger partial charge in [0.1, 0.15) is 17.2 Å². The van der Waals surface area contributed by atoms with Crippen LogP contribution in [-0.4, -0.2) is 72.0 Å². The van der Waals surface area contributed by atoms with Gasteiger partial charge in [-0.15, -0.1) is 11.3 Å². The third-order valence-electron chi connectivity index (χ3n) is 14.8. The number of carbonyl (C=O) groups excluding carboxylic acids is 2. The van der Waals surface area contributed by atoms with Gasteiger partial charge < -0.3 is 19.9 Å². The first-order valence-electron chi connectivity index (χ1n) is 23.0. The molecule has 6 aliphatic rings. The van der Waals surface area contributed by atoms with Crippen LogP contribution in [0.1, 0.15) is 104 Å². The number of methoxy groups -OCH3 is 3. The lowest BCUT2D eigenvalue weighted by molar-refractivity contribution is 0.0935. The van der Waals surface area contributed by atoms with Crippen LogP contribution in [0.4, 0.5) is 5.13 Å². The number of hydrogen-bond donors (Lipinski definition) is 1. The highest BCUT2D eigenvalue weighted by Crippen LogP contribution is 2.60. The normalized spacial score (nSPS) is 19.0. The molecule has 4 aromatic heterocycles. The number of aromatic nitrogens is 7. The summed E-state index contributed by atoms with van der Waals surface area (Å²) in [5.41, 5.74) is 17.6. The Kier molecular flexibility index (Phi) is 11.0. The summed E-state index contributed by atoms with van der Waals surface area (Å²) in [5.74, 6) is 3.05. The first kappa shape index (κ1) is 43.5. The number of hydrogen-bond acceptors (Lipinski definition) is 11. The molecule has 2 N–H and O–H groups in total. The summed E-state index contributed by atoms with van der Waals surface area (Å²) < 4.78 is 21.7. The number of nitrogen functional groups attached to an aromatic ring is 1. The Balaban J connectivity index is 0.000000111. The molecule has 3 aromatic carbocycles. The third-order valence-corrected chi connectivity index (χ3v) is 17.4. The summed E-state index contributed by atoms with van der Waals surface area (Å²) in [6.45, 7) is 2.17. The van der Waals surface area contributed by atoms with E-state index in [0.29, 0.717) is 24.6 Å². The van der Waals surface area contributed by atoms with E-state index in [1.165, 1.54) is 47.4 Å². The summed E-state index contributed by atoms with van der Waals surface area (Å²) in [6.07, 6.45) is 16.2. The van der Waals surface area contributed by atoms with E-state index in [2.05, 4.69) is 53.0 Å². The molecule has 0 amide bonds. The zero-order chi connectivity index (χ0) is 46.1. The van der Waals surface area contributed by atoms with Crippen molar-refractivity contribution in [2.45, 2.75) is 94.1 Å². The van der Waals surface area contributed by atoms with Crippen LogP contribution < -0.4 is 19.9 Å². The van der Waals surface area contributed by atoms with Gasteiger partial charge in [0.25, 0.3) is 0 Å². The molecule has 1 atom stereocenters. The topological polar surface area (TPSA) is 154 Å². The first-order chi connectivity index (χ1) is 32.5. The third kappa shape index (κ3) is 8.27. The second kappa shape index (κ2) is 16.9. The highest BCUT2D eigenvalue weighted by Gasteiger charge is 2.55. The summed E-state index contributed by atoms with van der Waals surface area (Å²) in [4.78, 5) is 30.7. The molecule has 13 nitrogen and oxygen atoms in total. The number of nitrogens with two attached hydrogens (primary N) is 1. The van der Waals surface area contributed by atoms with Crippen LogP contribution >= 0.6 is 27.3 Å². The van der Waals surface area contributed by atoms with Crippen molar-refractivity contribution >= 4 is 44.0 Å². The minimum Gasteiger partial charge on any atom is -0.497 e. The zero-order valence-electron chi connectivity index (χ0n) is 38.0. The lowest BCUT2D eigenvalue weighted by Crippen LogP contribution is -2.34. The smallest absolute Gasteiger partial charge is 0.180 e. The van der Waals surface area contributed by atoms with Crippen molar-refractivity contribution < 1.29 is 23.8 Å². The van der Waals surface area contributed by atoms with Gasteiger partial charge in [-0.05, 0) is 115 Å². The molecule has 13 rings (SSSR count). The average Bonchev–Trinajstić information content (AvgIpc) is 4.28. The van der Waals surface area contributed by atoms with Crippen LogP contribution in [0.2, 0.25) is 0 Å². The number of fused-ring (bicyclic) bond motifs is 6. The van der Waals surface area contributed by atoms with E-state index in [1.54, 1.807) is 45.1 Å². The van der Waals surface area contributed by atoms with Crippen molar-refractivity contribution in [2.75, 3.05) is 27.1 Å². The fraction of sp³-hybridized carbons (Fsp3) is 0.385. The predicted octanol–water partition coefficient (Wildman–Crippen LogP) is 9.31. The van der Waals surface area contributed by atoms with E-state index in [-0.39, 0.29) is 32.6 Å². The quantitative estimate of drug-likeness (QED) is 0.139. The van der Waals surface area contributed by atoms with E-state index >= 15 is 0 Å². The van der Waals surface area contributed by atoms with Crippen LogP contribution in [-0.2, 0) is 44.3 Å². The van der Waals surface area contributed by atoms with Crippen molar-refractivity contribution in [3.05, 3.63) is 141 Å². The van der Waals surface area contributed by atoms with Gasteiger partial charge >= 0.3 is 0 Å². The molecule has 3 saturated carbocycles. The number of ketones is 2. The fourth-order valence-corrected chi connectivity index (χ4v) is 12.2. The number of rotatable bonds is 9. The van der Waals surface area contributed by atoms with Gasteiger partial charge in [0.2, 0.25) is 0 Å². The van der Waals surface area contributed by atoms with Crippen LogP contribution in [0.25, 0.3) is 11.3 Å². The van der Waals surface area contributed by atoms with Gasteiger partial charge in [-0.2, -0.15) is 15.3 Å². The van der Waals surface area contributed by atoms with Crippen molar-refractivity contribution in [1.82, 2.24) is 34.3 Å². The van der Waals surface area contributed by atoms with Crippen molar-refractivity contribution in [3.8, 4) is 28.5 Å². The fourth-order valence-electron chi connectivity index (χ4n) is 10.2. The molecule has 15 heteroatoms. The van der Waals surface area contributed by atoms with Crippen molar-refractivity contribution in [3.63, 3.8) is 0 Å². The molecule has 3 fully saturated rings. The van der Waals surface area contributed by atoms with Crippen LogP contribution in [0.5, 0.6) is 17.2 Å². The number of benzene rings is 3. The lowest BCUT2D eigenvalue weighted by Gasteiger charge is -2.26. The minimum absolute atomic E-state index is 0.0360. The lowest BCUT2D eigenvalue weighted by atomic mass is 9.84. The van der Waals surface area contributed by atoms with E-state index in [4.69, 9.17) is 19.9 Å². The summed E-state index contributed by atoms with van der Waals surface area (Å²) in [7, 11) is 5.01. The van der Waals surface area contributed by atoms with Gasteiger partial charge in [0.15, 0.2) is 16.7 Å². The zero-order valence-corrected chi connectivity index (χ0v) is 40.4. The van der Waals surface area contributed by atoms with Gasteiger partial charge in [0.05, 0.1) is 92.6 Å². The number of ether oxygens (including phenoxy) is 3. The average molecular weight is 982 g/mol. The standard InChI is InChI=1S/C18H18N4OS.C17H17BrN2O2.C17H18N2O2/c1-23-12-4-2-11(3-5-12)10-22-14-8-18(6-7-18)16-15(13(14)9-20-22)21-17(19)24-16;1-22-12-4-2-11(3-5-12)10-20-14-8-17(6-7-17)16(18)15(21)13(14)9-19-20;1-21-13-4-2-12(3-5-13)11-19-15-8-17(6-7-17)9-16(20)14(15)10-18-19/h2-5,9H,6-8,10H2,1H3,(H2,19,21);2-5,9,16H,6-8,10H2,1H3;2-5,10H,6-9,11H2,1H3. The van der Waals surface area contributed by atoms with Gasteiger partial charge in [-0.25, -0.2) is 4.98 Å². The van der Waals surface area contributed by atoms with Crippen molar-refractivity contribution in [1.29, 1.82) is 0 Å². The van der Waals surface area contributed by atoms with Gasteiger partial charge in [0, 0.05) is 34.4 Å². The molecule has 7 aromatic rings. The molecular formula is C52H53BrN8O5S. The van der Waals surface area contributed by atoms with Crippen LogP contribution in [0, 0.1) is 10.8 Å². The molecule has 0 bridgehead atoms. The molecule has 0 radical (unpaired) electrons. The molecular weight excluding hydrogens is 929 g/mol. The van der Waals surface area contributed by atoms with E-state index in [0.717, 1.165) is 95.2 Å². The number of halogens is 1. The molecule has 4 heterocycles. The second-order valence-corrected chi connectivity index (χ2v) is 21.2. The molecule has 0 saturated heterocycles. The molecule has 3 spiro atoms. The Bertz CT molecular complexity index is 2990. The van der Waals surface area contributed by atoms with E-state index in [9.17, 15) is 9.59 Å². The molecule has 1 unspecified atom stereocenters. The van der Waals surface area contributed by atoms with E-state index < -0.39 is 0 Å². The first-order valence-corrected chi connectivity index (χ1v) is 24.8. The maximum atomic E-state index is 12.5. The maximum absolute atomic E-state index is 12.5. The largest absolute Gasteiger partial charge is 0.497 e. The van der Waals surface area contributed by atoms with Crippen LogP contribution in [0.15, 0.2) is 91.4 Å². The van der Waals surface area contributed by atoms with Crippen molar-refractivity contribution in [2.24, 2.45) is 10.8 Å². The monoisotopic (exact) mass is 980 g/mol. The summed E-state index contributed by atoms with van der Waals surface area (Å²) >= 11 is 5.26. The second-order valence-electron chi connectivity index (χ2n) is 19.3. The van der Waals surface area contributed by atoms with Gasteiger partial charge in [-0.1, -0.05) is 52.3 Å². The summed E-state index contributed by atoms with van der Waals surface area (Å²) in [5, 5.41) is 14.2. The Morgan fingerprint density at radius 3 is 1.54 bits per heavy atom. The highest BCUT2D eigenvalue weighted by atomic mass is 79.9. The Hall–Kier alpha value is -6.06. The Morgan fingerprint density at radius 2 is 1.07 bits per heavy atom. The van der Waals surface area contributed by atoms with Crippen LogP contribution in [0.3, 0.4) is 0 Å². The molecule has 67 heavy (non-hydrogen) atoms. The molecule has 344 valence electrons. The van der Waals surface area contributed by atoms with Gasteiger partial charge in [-0.3, -0.25) is 23.6 Å². The number of thiazole rings is 1. The minimum atomic E-state index is -0.0360. The molecule has 6 aliphatic carbocycles. The van der Waals surface area contributed by atoms with E-state index in [1.807, 2.05) is 76.2 Å². The number of anilines is 1. The number of alkyl halides is 1. The SMILES string of the molecule is COc1ccc(Cn2ncc3c2CC2(CC2)C(Br)C3=O)cc1.COc1ccc(Cn2ncc3c2CC2(CC2)CC3=O)cc1.COc1ccc(Cn2ncc3c2CC2(CC2)c2sc(N)nc2-3)cc1. The predicted molar refractivity (Wildman–Crippen MR) is 260 cm³/mol. The summed E-state index contributed by atoms with van der Waals surface area (Å²) in [6, 6.07) is 24.2. The number of nitrogens with zero attached hydrogens (tertiary/aromatic N) is 7.